The Morgan fingerprint density at radius 1 is 0.655 bits per heavy atom. The van der Waals surface area contributed by atoms with Gasteiger partial charge in [0.2, 0.25) is 6.33 Å². The van der Waals surface area contributed by atoms with Crippen LogP contribution in [0.3, 0.4) is 0 Å². The highest BCUT2D eigenvalue weighted by Gasteiger charge is 2.19. The van der Waals surface area contributed by atoms with Crippen LogP contribution in [0.5, 0.6) is 0 Å². The Kier molecular flexibility index (Phi) is 2.68. The number of aromatic nitrogens is 3. The van der Waals surface area contributed by atoms with Gasteiger partial charge in [0, 0.05) is 27.1 Å². The standard InChI is InChI=1S/C26H17N3/c1-27-16-28(22-13-5-4-12-21(22)27)23-14-7-15-24-25(23)19-10-6-9-18-17-8-2-3-11-20(17)29(24)26(18)19/h2-15H,1H3. The summed E-state index contributed by atoms with van der Waals surface area (Å²) in [5.74, 6) is 0. The van der Waals surface area contributed by atoms with Gasteiger partial charge in [0.05, 0.1) is 34.8 Å². The smallest absolute Gasteiger partial charge is 0.244 e. The number of hydrogen-bond acceptors (Lipinski definition) is 0. The third kappa shape index (κ3) is 1.76. The van der Waals surface area contributed by atoms with Crippen molar-refractivity contribution in [2.24, 2.45) is 7.05 Å². The van der Waals surface area contributed by atoms with E-state index in [9.17, 15) is 0 Å². The number of aryl methyl sites for hydroxylation is 1. The highest BCUT2D eigenvalue weighted by atomic mass is 15.1. The van der Waals surface area contributed by atoms with E-state index in [1.807, 2.05) is 0 Å². The molecule has 0 atom stereocenters. The minimum Gasteiger partial charge on any atom is -0.319 e. The molecule has 0 spiro atoms. The molecule has 0 fully saturated rings. The summed E-state index contributed by atoms with van der Waals surface area (Å²) in [6, 6.07) is 30.4. The first-order valence-corrected chi connectivity index (χ1v) is 9.88. The number of imidazole rings is 1. The van der Waals surface area contributed by atoms with E-state index >= 15 is 0 Å². The molecule has 0 aliphatic rings. The van der Waals surface area contributed by atoms with Gasteiger partial charge in [-0.05, 0) is 12.1 Å². The van der Waals surface area contributed by atoms with Crippen LogP contribution < -0.4 is 4.57 Å². The van der Waals surface area contributed by atoms with Crippen molar-refractivity contribution in [2.75, 3.05) is 0 Å². The first-order chi connectivity index (χ1) is 14.3. The second kappa shape index (κ2) is 5.15. The summed E-state index contributed by atoms with van der Waals surface area (Å²) in [5, 5.41) is 5.19. The zero-order valence-corrected chi connectivity index (χ0v) is 15.9. The lowest BCUT2D eigenvalue weighted by Gasteiger charge is -2.08. The van der Waals surface area contributed by atoms with Crippen molar-refractivity contribution in [1.29, 1.82) is 0 Å². The Morgan fingerprint density at radius 3 is 2.28 bits per heavy atom. The van der Waals surface area contributed by atoms with Crippen molar-refractivity contribution in [3.8, 4) is 5.69 Å². The molecule has 29 heavy (non-hydrogen) atoms. The lowest BCUT2D eigenvalue weighted by Crippen LogP contribution is -2.26. The van der Waals surface area contributed by atoms with Crippen LogP contribution in [0.4, 0.5) is 0 Å². The van der Waals surface area contributed by atoms with Gasteiger partial charge in [0.25, 0.3) is 0 Å². The van der Waals surface area contributed by atoms with Crippen LogP contribution in [-0.2, 0) is 7.05 Å². The monoisotopic (exact) mass is 371 g/mol. The molecule has 0 amide bonds. The number of hydrogen-bond donors (Lipinski definition) is 0. The van der Waals surface area contributed by atoms with Gasteiger partial charge in [-0.15, -0.1) is 0 Å². The highest BCUT2D eigenvalue weighted by Crippen LogP contribution is 2.41. The van der Waals surface area contributed by atoms with Crippen molar-refractivity contribution in [1.82, 2.24) is 8.97 Å². The van der Waals surface area contributed by atoms with Gasteiger partial charge in [-0.2, -0.15) is 0 Å². The molecule has 4 aromatic carbocycles. The van der Waals surface area contributed by atoms with Crippen LogP contribution in [0.25, 0.3) is 54.8 Å². The van der Waals surface area contributed by atoms with Gasteiger partial charge in [-0.3, -0.25) is 0 Å². The van der Waals surface area contributed by atoms with Crippen molar-refractivity contribution >= 4 is 49.1 Å². The van der Waals surface area contributed by atoms with E-state index in [1.165, 1.54) is 49.3 Å². The SMILES string of the molecule is C[n+]1[c-]n(-c2cccc3c2c2cccc4c5ccccc5n3c42)c2ccccc21. The van der Waals surface area contributed by atoms with Crippen LogP contribution in [0, 0.1) is 6.33 Å². The molecule has 0 aliphatic heterocycles. The highest BCUT2D eigenvalue weighted by molar-refractivity contribution is 6.24. The third-order valence-electron chi connectivity index (χ3n) is 6.20. The van der Waals surface area contributed by atoms with E-state index in [0.29, 0.717) is 0 Å². The number of nitrogens with zero attached hydrogens (tertiary/aromatic N) is 3. The van der Waals surface area contributed by atoms with Crippen LogP contribution in [0.2, 0.25) is 0 Å². The van der Waals surface area contributed by atoms with Crippen LogP contribution in [0.1, 0.15) is 0 Å². The number of para-hydroxylation sites is 4. The molecule has 7 rings (SSSR count). The summed E-state index contributed by atoms with van der Waals surface area (Å²) in [4.78, 5) is 0. The number of fused-ring (bicyclic) bond motifs is 7. The Morgan fingerprint density at radius 2 is 1.34 bits per heavy atom. The molecule has 0 aliphatic carbocycles. The Balaban J connectivity index is 1.74. The maximum Gasteiger partial charge on any atom is 0.244 e. The van der Waals surface area contributed by atoms with Crippen molar-refractivity contribution in [2.45, 2.75) is 0 Å². The molecule has 0 radical (unpaired) electrons. The minimum atomic E-state index is 1.16. The van der Waals surface area contributed by atoms with E-state index < -0.39 is 0 Å². The fourth-order valence-electron chi connectivity index (χ4n) is 5.03. The molecule has 3 heterocycles. The summed E-state index contributed by atoms with van der Waals surface area (Å²) in [7, 11) is 2.06. The molecule has 3 aromatic heterocycles. The van der Waals surface area contributed by atoms with Crippen molar-refractivity contribution < 1.29 is 4.57 Å². The van der Waals surface area contributed by atoms with E-state index in [-0.39, 0.29) is 0 Å². The second-order valence-corrected chi connectivity index (χ2v) is 7.71. The number of rotatable bonds is 1. The summed E-state index contributed by atoms with van der Waals surface area (Å²) in [6.07, 6.45) is 3.51. The van der Waals surface area contributed by atoms with Crippen LogP contribution in [0.15, 0.2) is 84.9 Å². The molecule has 3 heteroatoms. The van der Waals surface area contributed by atoms with E-state index in [2.05, 4.69) is 112 Å². The van der Waals surface area contributed by atoms with E-state index in [1.54, 1.807) is 0 Å². The molecule has 0 unspecified atom stereocenters. The minimum absolute atomic E-state index is 1.16. The average Bonchev–Trinajstić information content (AvgIpc) is 3.41. The summed E-state index contributed by atoms with van der Waals surface area (Å²) < 4.78 is 6.69. The van der Waals surface area contributed by atoms with Gasteiger partial charge in [-0.1, -0.05) is 72.8 Å². The maximum atomic E-state index is 3.51. The molecular weight excluding hydrogens is 354 g/mol. The summed E-state index contributed by atoms with van der Waals surface area (Å²) in [5.41, 5.74) is 7.31. The van der Waals surface area contributed by atoms with Crippen molar-refractivity contribution in [3.63, 3.8) is 0 Å². The topological polar surface area (TPSA) is 13.2 Å². The number of benzene rings is 4. The Hall–Kier alpha value is -3.85. The van der Waals surface area contributed by atoms with Crippen LogP contribution >= 0.6 is 0 Å². The van der Waals surface area contributed by atoms with Crippen molar-refractivity contribution in [3.05, 3.63) is 91.3 Å². The normalized spacial score (nSPS) is 12.3. The first kappa shape index (κ1) is 15.1. The van der Waals surface area contributed by atoms with Gasteiger partial charge in [0.1, 0.15) is 0 Å². The summed E-state index contributed by atoms with van der Waals surface area (Å²) in [6.45, 7) is 0. The zero-order chi connectivity index (χ0) is 19.1. The maximum absolute atomic E-state index is 3.51. The molecule has 3 nitrogen and oxygen atoms in total. The van der Waals surface area contributed by atoms with Gasteiger partial charge >= 0.3 is 0 Å². The molecule has 7 aromatic rings. The molecular formula is C26H17N3. The summed E-state index contributed by atoms with van der Waals surface area (Å²) >= 11 is 0. The molecule has 0 bridgehead atoms. The Labute approximate surface area is 167 Å². The molecule has 136 valence electrons. The molecule has 0 saturated carbocycles. The predicted molar refractivity (Wildman–Crippen MR) is 118 cm³/mol. The fraction of sp³-hybridized carbons (Fsp3) is 0.0385. The largest absolute Gasteiger partial charge is 0.319 e. The third-order valence-corrected chi connectivity index (χ3v) is 6.20. The van der Waals surface area contributed by atoms with E-state index in [4.69, 9.17) is 0 Å². The van der Waals surface area contributed by atoms with Crippen LogP contribution in [-0.4, -0.2) is 8.97 Å². The predicted octanol–water partition coefficient (Wildman–Crippen LogP) is 5.41. The average molecular weight is 371 g/mol. The second-order valence-electron chi connectivity index (χ2n) is 7.71. The van der Waals surface area contributed by atoms with E-state index in [0.717, 1.165) is 5.52 Å². The Bertz CT molecular complexity index is 1720. The first-order valence-electron chi connectivity index (χ1n) is 9.88. The molecule has 0 saturated heterocycles. The van der Waals surface area contributed by atoms with Gasteiger partial charge in [-0.25, -0.2) is 0 Å². The molecule has 0 N–H and O–H groups in total. The lowest BCUT2D eigenvalue weighted by atomic mass is 10.1. The lowest BCUT2D eigenvalue weighted by molar-refractivity contribution is -0.649. The quantitative estimate of drug-likeness (QED) is 0.271. The zero-order valence-electron chi connectivity index (χ0n) is 15.9. The van der Waals surface area contributed by atoms with Gasteiger partial charge < -0.3 is 13.5 Å². The van der Waals surface area contributed by atoms with Gasteiger partial charge in [0.15, 0.2) is 0 Å². The fourth-order valence-corrected chi connectivity index (χ4v) is 5.03.